The Morgan fingerprint density at radius 3 is 2.64 bits per heavy atom. The van der Waals surface area contributed by atoms with E-state index in [-0.39, 0.29) is 6.32 Å². The molecular formula is C6H7BBrNO2. The quantitative estimate of drug-likeness (QED) is 0.703. The smallest absolute Gasteiger partial charge is 0.427 e. The van der Waals surface area contributed by atoms with E-state index >= 15 is 0 Å². The third kappa shape index (κ3) is 3.01. The van der Waals surface area contributed by atoms with Crippen LogP contribution in [-0.4, -0.2) is 22.2 Å². The Labute approximate surface area is 73.4 Å². The van der Waals surface area contributed by atoms with E-state index in [9.17, 15) is 0 Å². The zero-order chi connectivity index (χ0) is 8.27. The predicted octanol–water partition coefficient (Wildman–Crippen LogP) is 0.399. The Balaban J connectivity index is 2.66. The summed E-state index contributed by atoms with van der Waals surface area (Å²) in [5.41, 5.74) is 0.670. The SMILES string of the molecule is OB(O)Cc1ccc(Br)cn1. The number of pyridine rings is 1. The van der Waals surface area contributed by atoms with Crippen LogP contribution in [0.25, 0.3) is 0 Å². The first kappa shape index (κ1) is 8.71. The van der Waals surface area contributed by atoms with E-state index in [1.807, 2.05) is 6.07 Å². The van der Waals surface area contributed by atoms with Crippen LogP contribution >= 0.6 is 15.9 Å². The number of nitrogens with zero attached hydrogens (tertiary/aromatic N) is 1. The molecule has 0 saturated heterocycles. The standard InChI is InChI=1S/C6H7BBrNO2/c8-5-1-2-6(9-4-5)3-7(10)11/h1-2,4,10-11H,3H2. The molecule has 1 aromatic rings. The molecule has 1 rings (SSSR count). The average molecular weight is 216 g/mol. The lowest BCUT2D eigenvalue weighted by Crippen LogP contribution is -2.15. The van der Waals surface area contributed by atoms with Crippen LogP contribution in [-0.2, 0) is 6.32 Å². The summed E-state index contributed by atoms with van der Waals surface area (Å²) in [4.78, 5) is 3.95. The first-order valence-electron chi connectivity index (χ1n) is 3.15. The molecule has 0 fully saturated rings. The molecule has 5 heteroatoms. The van der Waals surface area contributed by atoms with Crippen LogP contribution in [0.5, 0.6) is 0 Å². The largest absolute Gasteiger partial charge is 0.457 e. The normalized spacial score (nSPS) is 9.73. The highest BCUT2D eigenvalue weighted by Gasteiger charge is 2.07. The van der Waals surface area contributed by atoms with Gasteiger partial charge in [-0.3, -0.25) is 4.98 Å². The van der Waals surface area contributed by atoms with Gasteiger partial charge in [-0.1, -0.05) is 0 Å². The molecular weight excluding hydrogens is 209 g/mol. The van der Waals surface area contributed by atoms with Gasteiger partial charge in [-0.15, -0.1) is 0 Å². The van der Waals surface area contributed by atoms with Gasteiger partial charge in [0.25, 0.3) is 0 Å². The van der Waals surface area contributed by atoms with E-state index in [1.165, 1.54) is 0 Å². The van der Waals surface area contributed by atoms with Gasteiger partial charge in [0.05, 0.1) is 0 Å². The fourth-order valence-corrected chi connectivity index (χ4v) is 0.949. The molecule has 58 valence electrons. The van der Waals surface area contributed by atoms with E-state index in [4.69, 9.17) is 10.0 Å². The molecule has 0 aliphatic rings. The summed E-state index contributed by atoms with van der Waals surface area (Å²) in [6, 6.07) is 3.55. The maximum atomic E-state index is 8.58. The first-order valence-corrected chi connectivity index (χ1v) is 3.94. The molecule has 0 unspecified atom stereocenters. The van der Waals surface area contributed by atoms with E-state index in [1.54, 1.807) is 12.3 Å². The molecule has 0 radical (unpaired) electrons. The molecule has 1 aromatic heterocycles. The average Bonchev–Trinajstić information content (AvgIpc) is 1.93. The lowest BCUT2D eigenvalue weighted by Gasteiger charge is -1.97. The summed E-state index contributed by atoms with van der Waals surface area (Å²) in [6.45, 7) is 0. The van der Waals surface area contributed by atoms with Crippen LogP contribution in [0.15, 0.2) is 22.8 Å². The summed E-state index contributed by atoms with van der Waals surface area (Å²) in [6.07, 6.45) is 1.80. The number of hydrogen-bond donors (Lipinski definition) is 2. The summed E-state index contributed by atoms with van der Waals surface area (Å²) in [5, 5.41) is 17.2. The van der Waals surface area contributed by atoms with Crippen molar-refractivity contribution >= 4 is 23.0 Å². The van der Waals surface area contributed by atoms with Crippen molar-refractivity contribution in [2.75, 3.05) is 0 Å². The highest BCUT2D eigenvalue weighted by molar-refractivity contribution is 9.10. The van der Waals surface area contributed by atoms with Crippen LogP contribution in [0.2, 0.25) is 0 Å². The molecule has 0 bridgehead atoms. The lowest BCUT2D eigenvalue weighted by molar-refractivity contribution is 0.404. The van der Waals surface area contributed by atoms with Gasteiger partial charge in [0, 0.05) is 22.7 Å². The Morgan fingerprint density at radius 1 is 1.45 bits per heavy atom. The van der Waals surface area contributed by atoms with Gasteiger partial charge in [-0.2, -0.15) is 0 Å². The van der Waals surface area contributed by atoms with Crippen molar-refractivity contribution in [3.05, 3.63) is 28.5 Å². The maximum absolute atomic E-state index is 8.58. The van der Waals surface area contributed by atoms with Gasteiger partial charge in [0.2, 0.25) is 0 Å². The molecule has 0 atom stereocenters. The molecule has 3 nitrogen and oxygen atoms in total. The highest BCUT2D eigenvalue weighted by Crippen LogP contribution is 2.07. The number of halogens is 1. The van der Waals surface area contributed by atoms with Crippen molar-refractivity contribution in [2.24, 2.45) is 0 Å². The van der Waals surface area contributed by atoms with Crippen LogP contribution in [0.3, 0.4) is 0 Å². The molecule has 0 aromatic carbocycles. The second kappa shape index (κ2) is 3.85. The summed E-state index contributed by atoms with van der Waals surface area (Å²) < 4.78 is 0.883. The van der Waals surface area contributed by atoms with E-state index < -0.39 is 7.12 Å². The van der Waals surface area contributed by atoms with Crippen molar-refractivity contribution in [1.29, 1.82) is 0 Å². The van der Waals surface area contributed by atoms with Gasteiger partial charge >= 0.3 is 7.12 Å². The van der Waals surface area contributed by atoms with Crippen molar-refractivity contribution in [2.45, 2.75) is 6.32 Å². The van der Waals surface area contributed by atoms with Gasteiger partial charge in [-0.25, -0.2) is 0 Å². The van der Waals surface area contributed by atoms with E-state index in [2.05, 4.69) is 20.9 Å². The van der Waals surface area contributed by atoms with Gasteiger partial charge < -0.3 is 10.0 Å². The molecule has 1 heterocycles. The molecule has 11 heavy (non-hydrogen) atoms. The third-order valence-corrected chi connectivity index (χ3v) is 1.65. The van der Waals surface area contributed by atoms with Crippen LogP contribution in [0.1, 0.15) is 5.69 Å². The Hall–Kier alpha value is -0.385. The Morgan fingerprint density at radius 2 is 2.18 bits per heavy atom. The second-order valence-electron chi connectivity index (χ2n) is 2.15. The minimum absolute atomic E-state index is 0.174. The minimum atomic E-state index is -1.32. The van der Waals surface area contributed by atoms with Gasteiger partial charge in [0.1, 0.15) is 0 Å². The maximum Gasteiger partial charge on any atom is 0.457 e. The van der Waals surface area contributed by atoms with Gasteiger partial charge in [-0.05, 0) is 28.1 Å². The minimum Gasteiger partial charge on any atom is -0.427 e. The molecule has 0 aliphatic carbocycles. The molecule has 0 aliphatic heterocycles. The fourth-order valence-electron chi connectivity index (χ4n) is 0.714. The lowest BCUT2D eigenvalue weighted by atomic mass is 9.84. The van der Waals surface area contributed by atoms with Crippen molar-refractivity contribution in [3.8, 4) is 0 Å². The van der Waals surface area contributed by atoms with Crippen molar-refractivity contribution in [3.63, 3.8) is 0 Å². The van der Waals surface area contributed by atoms with E-state index in [0.717, 1.165) is 4.47 Å². The summed E-state index contributed by atoms with van der Waals surface area (Å²) >= 11 is 3.22. The zero-order valence-electron chi connectivity index (χ0n) is 5.74. The summed E-state index contributed by atoms with van der Waals surface area (Å²) in [5.74, 6) is 0. The first-order chi connectivity index (χ1) is 5.18. The van der Waals surface area contributed by atoms with E-state index in [0.29, 0.717) is 5.69 Å². The monoisotopic (exact) mass is 215 g/mol. The molecule has 2 N–H and O–H groups in total. The van der Waals surface area contributed by atoms with Crippen molar-refractivity contribution in [1.82, 2.24) is 4.98 Å². The zero-order valence-corrected chi connectivity index (χ0v) is 7.32. The molecule has 0 spiro atoms. The molecule has 0 amide bonds. The second-order valence-corrected chi connectivity index (χ2v) is 3.07. The van der Waals surface area contributed by atoms with Crippen LogP contribution < -0.4 is 0 Å². The van der Waals surface area contributed by atoms with Crippen LogP contribution in [0, 0.1) is 0 Å². The van der Waals surface area contributed by atoms with Gasteiger partial charge in [0.15, 0.2) is 0 Å². The third-order valence-electron chi connectivity index (χ3n) is 1.18. The topological polar surface area (TPSA) is 53.4 Å². The number of aromatic nitrogens is 1. The van der Waals surface area contributed by atoms with Crippen LogP contribution in [0.4, 0.5) is 0 Å². The Bertz CT molecular complexity index is 227. The summed E-state index contributed by atoms with van der Waals surface area (Å²) in [7, 11) is -1.32. The predicted molar refractivity (Wildman–Crippen MR) is 45.8 cm³/mol. The Kier molecular flexibility index (Phi) is 3.05. The van der Waals surface area contributed by atoms with Crippen molar-refractivity contribution < 1.29 is 10.0 Å². The highest BCUT2D eigenvalue weighted by atomic mass is 79.9. The molecule has 0 saturated carbocycles. The fraction of sp³-hybridized carbons (Fsp3) is 0.167. The number of hydrogen-bond acceptors (Lipinski definition) is 3. The number of rotatable bonds is 2.